The summed E-state index contributed by atoms with van der Waals surface area (Å²) in [5.41, 5.74) is 0.569. The number of hydrazone groups is 1. The van der Waals surface area contributed by atoms with Crippen molar-refractivity contribution in [1.82, 2.24) is 5.20 Å². The van der Waals surface area contributed by atoms with Crippen molar-refractivity contribution in [3.63, 3.8) is 0 Å². The van der Waals surface area contributed by atoms with Crippen molar-refractivity contribution < 1.29 is 18.4 Å². The Labute approximate surface area is 194 Å². The van der Waals surface area contributed by atoms with Gasteiger partial charge in [0.2, 0.25) is 0 Å². The minimum absolute atomic E-state index is 0.0161. The van der Waals surface area contributed by atoms with E-state index in [-0.39, 0.29) is 5.69 Å². The van der Waals surface area contributed by atoms with E-state index in [1.165, 1.54) is 18.3 Å². The third-order valence-corrected chi connectivity index (χ3v) is 6.23. The Kier molecular flexibility index (Phi) is 6.83. The number of nitrogens with zero attached hydrogens (tertiary/aromatic N) is 2. The number of nitrogens with one attached hydrogen (secondary N) is 1. The van der Waals surface area contributed by atoms with Gasteiger partial charge in [0, 0.05) is 29.5 Å². The fraction of sp³-hybridized carbons (Fsp3) is 0. The summed E-state index contributed by atoms with van der Waals surface area (Å²) in [6.07, 6.45) is 1.44. The molecule has 0 amide bonds. The largest absolute Gasteiger partial charge is 0.455 e. The maximum absolute atomic E-state index is 11.0. The van der Waals surface area contributed by atoms with Gasteiger partial charge in [-0.15, -0.1) is 0 Å². The lowest BCUT2D eigenvalue weighted by atomic mass is 10.1. The van der Waals surface area contributed by atoms with Gasteiger partial charge < -0.3 is 13.5 Å². The van der Waals surface area contributed by atoms with E-state index >= 15 is 0 Å². The molecule has 8 nitrogen and oxygen atoms in total. The summed E-state index contributed by atoms with van der Waals surface area (Å²) in [6, 6.07) is 27.8. The summed E-state index contributed by atoms with van der Waals surface area (Å²) in [6.45, 7) is -3.10. The van der Waals surface area contributed by atoms with Crippen LogP contribution in [0.15, 0.2) is 107 Å². The SMILES string of the molecule is O=[N+]([O-])c1cccc(-c2ccc(C=NNP(=S)(Oc3ccccc3)Oc3ccccc3)o2)c1. The Morgan fingerprint density at radius 2 is 1.55 bits per heavy atom. The summed E-state index contributed by atoms with van der Waals surface area (Å²) >= 11 is 5.65. The highest BCUT2D eigenvalue weighted by Crippen LogP contribution is 2.45. The molecular formula is C23H18N3O5PS. The van der Waals surface area contributed by atoms with E-state index in [0.717, 1.165) is 0 Å². The maximum Gasteiger partial charge on any atom is 0.408 e. The molecule has 0 aliphatic heterocycles. The average Bonchev–Trinajstić information content (AvgIpc) is 3.29. The topological polar surface area (TPSA) is 99.1 Å². The van der Waals surface area contributed by atoms with Crippen molar-refractivity contribution in [3.8, 4) is 22.8 Å². The van der Waals surface area contributed by atoms with E-state index in [9.17, 15) is 10.1 Å². The second kappa shape index (κ2) is 10.1. The number of rotatable bonds is 9. The fourth-order valence-electron chi connectivity index (χ4n) is 2.81. The zero-order valence-electron chi connectivity index (χ0n) is 17.1. The Morgan fingerprint density at radius 1 is 0.909 bits per heavy atom. The molecule has 1 heterocycles. The van der Waals surface area contributed by atoms with Crippen LogP contribution in [0.5, 0.6) is 11.5 Å². The summed E-state index contributed by atoms with van der Waals surface area (Å²) < 4.78 is 17.6. The van der Waals surface area contributed by atoms with Gasteiger partial charge in [0.25, 0.3) is 5.69 Å². The van der Waals surface area contributed by atoms with Crippen LogP contribution in [-0.4, -0.2) is 11.1 Å². The van der Waals surface area contributed by atoms with Crippen molar-refractivity contribution in [2.24, 2.45) is 5.10 Å². The van der Waals surface area contributed by atoms with Crippen LogP contribution < -0.4 is 14.2 Å². The normalized spacial score (nSPS) is 11.3. The molecule has 0 radical (unpaired) electrons. The van der Waals surface area contributed by atoms with Crippen LogP contribution in [0, 0.1) is 10.1 Å². The van der Waals surface area contributed by atoms with Gasteiger partial charge in [0.1, 0.15) is 23.0 Å². The average molecular weight is 479 g/mol. The van der Waals surface area contributed by atoms with Gasteiger partial charge in [-0.25, -0.2) is 5.20 Å². The fourth-order valence-corrected chi connectivity index (χ4v) is 4.59. The van der Waals surface area contributed by atoms with E-state index in [2.05, 4.69) is 10.3 Å². The lowest BCUT2D eigenvalue weighted by molar-refractivity contribution is -0.384. The van der Waals surface area contributed by atoms with E-state index in [0.29, 0.717) is 28.6 Å². The Morgan fingerprint density at radius 3 is 2.15 bits per heavy atom. The first kappa shape index (κ1) is 22.3. The van der Waals surface area contributed by atoms with Gasteiger partial charge in [-0.1, -0.05) is 48.5 Å². The summed E-state index contributed by atoms with van der Waals surface area (Å²) in [5.74, 6) is 1.99. The zero-order chi connectivity index (χ0) is 23.1. The van der Waals surface area contributed by atoms with Gasteiger partial charge in [-0.3, -0.25) is 10.1 Å². The molecular weight excluding hydrogens is 461 g/mol. The van der Waals surface area contributed by atoms with Crippen LogP contribution >= 0.6 is 6.64 Å². The number of hydrogen-bond donors (Lipinski definition) is 1. The van der Waals surface area contributed by atoms with Crippen LogP contribution in [0.2, 0.25) is 0 Å². The monoisotopic (exact) mass is 479 g/mol. The number of benzene rings is 3. The first-order valence-corrected chi connectivity index (χ1v) is 12.4. The predicted molar refractivity (Wildman–Crippen MR) is 130 cm³/mol. The molecule has 0 aliphatic rings. The minimum Gasteiger partial charge on any atom is -0.455 e. The summed E-state index contributed by atoms with van der Waals surface area (Å²) in [7, 11) is 0. The number of para-hydroxylation sites is 2. The molecule has 0 atom stereocenters. The van der Waals surface area contributed by atoms with Crippen LogP contribution in [-0.2, 0) is 11.8 Å². The molecule has 0 aliphatic carbocycles. The lowest BCUT2D eigenvalue weighted by Crippen LogP contribution is -2.13. The molecule has 1 aromatic heterocycles. The molecule has 4 rings (SSSR count). The third-order valence-electron chi connectivity index (χ3n) is 4.28. The van der Waals surface area contributed by atoms with Crippen LogP contribution in [0.25, 0.3) is 11.3 Å². The molecule has 3 aromatic carbocycles. The van der Waals surface area contributed by atoms with E-state index in [1.54, 1.807) is 48.5 Å². The van der Waals surface area contributed by atoms with Gasteiger partial charge in [0.05, 0.1) is 11.1 Å². The van der Waals surface area contributed by atoms with Gasteiger partial charge in [-0.2, -0.15) is 5.10 Å². The molecule has 0 bridgehead atoms. The van der Waals surface area contributed by atoms with Crippen molar-refractivity contribution in [2.45, 2.75) is 0 Å². The van der Waals surface area contributed by atoms with E-state index in [4.69, 9.17) is 25.3 Å². The molecule has 0 fully saturated rings. The molecule has 166 valence electrons. The predicted octanol–water partition coefficient (Wildman–Crippen LogP) is 6.16. The second-order valence-corrected chi connectivity index (χ2v) is 9.68. The van der Waals surface area contributed by atoms with Crippen molar-refractivity contribution in [2.75, 3.05) is 0 Å². The maximum atomic E-state index is 11.0. The number of nitro benzene ring substituents is 1. The van der Waals surface area contributed by atoms with Crippen molar-refractivity contribution in [3.05, 3.63) is 113 Å². The van der Waals surface area contributed by atoms with E-state index in [1.807, 2.05) is 36.4 Å². The van der Waals surface area contributed by atoms with Gasteiger partial charge in [0.15, 0.2) is 0 Å². The Hall–Kier alpha value is -3.94. The second-order valence-electron chi connectivity index (χ2n) is 6.67. The van der Waals surface area contributed by atoms with Crippen LogP contribution in [0.1, 0.15) is 5.76 Å². The van der Waals surface area contributed by atoms with Gasteiger partial charge in [-0.05, 0) is 36.4 Å². The van der Waals surface area contributed by atoms with Gasteiger partial charge >= 0.3 is 6.64 Å². The molecule has 1 N–H and O–H groups in total. The molecule has 0 saturated carbocycles. The molecule has 0 spiro atoms. The van der Waals surface area contributed by atoms with Crippen LogP contribution in [0.3, 0.4) is 0 Å². The van der Waals surface area contributed by atoms with E-state index < -0.39 is 11.6 Å². The third kappa shape index (κ3) is 6.06. The highest BCUT2D eigenvalue weighted by molar-refractivity contribution is 8.09. The highest BCUT2D eigenvalue weighted by Gasteiger charge is 2.22. The van der Waals surface area contributed by atoms with Crippen molar-refractivity contribution >= 4 is 30.4 Å². The minimum atomic E-state index is -3.10. The first-order valence-electron chi connectivity index (χ1n) is 9.75. The standard InChI is InChI=1S/C23H18N3O5PS/c27-26(28)19-9-7-8-18(16-19)23-15-14-22(29-23)17-24-25-32(33,30-20-10-3-1-4-11-20)31-21-12-5-2-6-13-21/h1-17H,(H,25,33). The quantitative estimate of drug-likeness (QED) is 0.133. The Bertz CT molecular complexity index is 1270. The molecule has 33 heavy (non-hydrogen) atoms. The number of furan rings is 1. The smallest absolute Gasteiger partial charge is 0.408 e. The molecule has 4 aromatic rings. The summed E-state index contributed by atoms with van der Waals surface area (Å²) in [4.78, 5) is 10.5. The number of hydrogen-bond acceptors (Lipinski definition) is 7. The Balaban J connectivity index is 1.50. The molecule has 0 unspecified atom stereocenters. The summed E-state index contributed by atoms with van der Waals surface area (Å²) in [5, 5.41) is 18.0. The molecule has 0 saturated heterocycles. The lowest BCUT2D eigenvalue weighted by Gasteiger charge is -2.22. The molecule has 10 heteroatoms. The highest BCUT2D eigenvalue weighted by atomic mass is 32.5. The van der Waals surface area contributed by atoms with Crippen molar-refractivity contribution in [1.29, 1.82) is 0 Å². The number of non-ortho nitro benzene ring substituents is 1. The number of nitro groups is 1. The van der Waals surface area contributed by atoms with Crippen LogP contribution in [0.4, 0.5) is 5.69 Å². The zero-order valence-corrected chi connectivity index (χ0v) is 18.8. The first-order chi connectivity index (χ1) is 16.0.